The van der Waals surface area contributed by atoms with Crippen LogP contribution in [0.25, 0.3) is 0 Å². The van der Waals surface area contributed by atoms with Crippen LogP contribution in [0.3, 0.4) is 0 Å². The van der Waals surface area contributed by atoms with Crippen molar-refractivity contribution in [3.05, 3.63) is 0 Å². The average Bonchev–Trinajstić information content (AvgIpc) is 2.04. The van der Waals surface area contributed by atoms with Crippen molar-refractivity contribution in [2.75, 3.05) is 26.2 Å². The standard InChI is InChI=1S/C6H13N3O3S/c1-2-8-13(11,12)9-4-3-7-6(10)5-9/h8H,2-5H2,1H3,(H,7,10). The predicted octanol–water partition coefficient (Wildman–Crippen LogP) is -1.73. The summed E-state index contributed by atoms with van der Waals surface area (Å²) in [5.74, 6) is -0.257. The van der Waals surface area contributed by atoms with Crippen molar-refractivity contribution in [1.29, 1.82) is 0 Å². The lowest BCUT2D eigenvalue weighted by molar-refractivity contribution is -0.122. The molecule has 0 saturated carbocycles. The maximum Gasteiger partial charge on any atom is 0.279 e. The Morgan fingerprint density at radius 1 is 1.62 bits per heavy atom. The van der Waals surface area contributed by atoms with E-state index in [-0.39, 0.29) is 12.5 Å². The minimum absolute atomic E-state index is 0.0880. The molecule has 1 aliphatic heterocycles. The van der Waals surface area contributed by atoms with Gasteiger partial charge >= 0.3 is 0 Å². The summed E-state index contributed by atoms with van der Waals surface area (Å²) < 4.78 is 26.2. The fourth-order valence-corrected chi connectivity index (χ4v) is 2.26. The smallest absolute Gasteiger partial charge is 0.279 e. The minimum Gasteiger partial charge on any atom is -0.354 e. The third-order valence-electron chi connectivity index (χ3n) is 1.67. The summed E-state index contributed by atoms with van der Waals surface area (Å²) in [5, 5.41) is 2.55. The fourth-order valence-electron chi connectivity index (χ4n) is 1.09. The molecule has 2 N–H and O–H groups in total. The van der Waals surface area contributed by atoms with Gasteiger partial charge in [0.2, 0.25) is 5.91 Å². The van der Waals surface area contributed by atoms with Crippen molar-refractivity contribution in [2.24, 2.45) is 0 Å². The van der Waals surface area contributed by atoms with Gasteiger partial charge in [0, 0.05) is 19.6 Å². The number of nitrogens with one attached hydrogen (secondary N) is 2. The molecule has 0 aromatic carbocycles. The highest BCUT2D eigenvalue weighted by atomic mass is 32.2. The Morgan fingerprint density at radius 2 is 2.31 bits per heavy atom. The number of rotatable bonds is 3. The van der Waals surface area contributed by atoms with E-state index in [1.54, 1.807) is 6.92 Å². The molecule has 1 heterocycles. The molecule has 13 heavy (non-hydrogen) atoms. The number of carbonyl (C=O) groups excluding carboxylic acids is 1. The molecule has 7 heteroatoms. The topological polar surface area (TPSA) is 78.5 Å². The van der Waals surface area contributed by atoms with Crippen molar-refractivity contribution >= 4 is 16.1 Å². The van der Waals surface area contributed by atoms with Gasteiger partial charge in [-0.1, -0.05) is 6.92 Å². The molecular weight excluding hydrogens is 194 g/mol. The van der Waals surface area contributed by atoms with E-state index in [0.717, 1.165) is 4.31 Å². The Kier molecular flexibility index (Phi) is 3.23. The molecule has 0 aromatic rings. The second kappa shape index (κ2) is 4.03. The lowest BCUT2D eigenvalue weighted by Gasteiger charge is -2.25. The molecule has 0 bridgehead atoms. The van der Waals surface area contributed by atoms with Gasteiger partial charge in [-0.15, -0.1) is 0 Å². The van der Waals surface area contributed by atoms with E-state index in [0.29, 0.717) is 19.6 Å². The van der Waals surface area contributed by atoms with E-state index in [1.807, 2.05) is 0 Å². The van der Waals surface area contributed by atoms with Gasteiger partial charge in [-0.25, -0.2) is 4.72 Å². The number of hydrogen-bond donors (Lipinski definition) is 2. The van der Waals surface area contributed by atoms with Crippen LogP contribution in [0.15, 0.2) is 0 Å². The van der Waals surface area contributed by atoms with Crippen molar-refractivity contribution in [2.45, 2.75) is 6.92 Å². The molecule has 1 aliphatic rings. The van der Waals surface area contributed by atoms with Crippen LogP contribution >= 0.6 is 0 Å². The molecule has 1 amide bonds. The van der Waals surface area contributed by atoms with Gasteiger partial charge in [-0.3, -0.25) is 4.79 Å². The lowest BCUT2D eigenvalue weighted by atomic mass is 10.4. The third kappa shape index (κ3) is 2.64. The fraction of sp³-hybridized carbons (Fsp3) is 0.833. The van der Waals surface area contributed by atoms with Gasteiger partial charge in [0.15, 0.2) is 0 Å². The molecule has 0 spiro atoms. The van der Waals surface area contributed by atoms with Crippen LogP contribution in [-0.4, -0.2) is 44.8 Å². The van der Waals surface area contributed by atoms with Gasteiger partial charge in [-0.2, -0.15) is 12.7 Å². The number of amides is 1. The van der Waals surface area contributed by atoms with Gasteiger partial charge in [0.25, 0.3) is 10.2 Å². The van der Waals surface area contributed by atoms with Crippen LogP contribution in [0.1, 0.15) is 6.92 Å². The maximum atomic E-state index is 11.4. The SMILES string of the molecule is CCNS(=O)(=O)N1CCNC(=O)C1. The minimum atomic E-state index is -3.44. The summed E-state index contributed by atoms with van der Waals surface area (Å²) >= 11 is 0. The molecule has 1 fully saturated rings. The van der Waals surface area contributed by atoms with Crippen molar-refractivity contribution in [1.82, 2.24) is 14.3 Å². The molecule has 6 nitrogen and oxygen atoms in total. The Labute approximate surface area is 77.5 Å². The summed E-state index contributed by atoms with van der Waals surface area (Å²) in [7, 11) is -3.44. The molecule has 0 aromatic heterocycles. The third-order valence-corrected chi connectivity index (χ3v) is 3.31. The van der Waals surface area contributed by atoms with Crippen LogP contribution in [0, 0.1) is 0 Å². The number of piperazine rings is 1. The Balaban J connectivity index is 2.65. The quantitative estimate of drug-likeness (QED) is 0.577. The zero-order valence-corrected chi connectivity index (χ0v) is 8.23. The van der Waals surface area contributed by atoms with Gasteiger partial charge in [0.05, 0.1) is 6.54 Å². The number of nitrogens with zero attached hydrogens (tertiary/aromatic N) is 1. The molecule has 0 unspecified atom stereocenters. The predicted molar refractivity (Wildman–Crippen MR) is 47.2 cm³/mol. The monoisotopic (exact) mass is 207 g/mol. The maximum absolute atomic E-state index is 11.4. The average molecular weight is 207 g/mol. The van der Waals surface area contributed by atoms with E-state index >= 15 is 0 Å². The Bertz CT molecular complexity index is 287. The van der Waals surface area contributed by atoms with E-state index in [1.165, 1.54) is 0 Å². The molecule has 0 atom stereocenters. The highest BCUT2D eigenvalue weighted by Crippen LogP contribution is 1.99. The summed E-state index contributed by atoms with van der Waals surface area (Å²) in [6.07, 6.45) is 0. The van der Waals surface area contributed by atoms with Gasteiger partial charge < -0.3 is 5.32 Å². The van der Waals surface area contributed by atoms with Gasteiger partial charge in [-0.05, 0) is 0 Å². The second-order valence-corrected chi connectivity index (χ2v) is 4.44. The van der Waals surface area contributed by atoms with Crippen LogP contribution in [-0.2, 0) is 15.0 Å². The first kappa shape index (κ1) is 10.4. The summed E-state index contributed by atoms with van der Waals surface area (Å²) in [5.41, 5.74) is 0. The van der Waals surface area contributed by atoms with Crippen LogP contribution < -0.4 is 10.0 Å². The van der Waals surface area contributed by atoms with E-state index in [2.05, 4.69) is 10.0 Å². The Hall–Kier alpha value is -0.660. The van der Waals surface area contributed by atoms with Crippen molar-refractivity contribution in [3.8, 4) is 0 Å². The largest absolute Gasteiger partial charge is 0.354 e. The van der Waals surface area contributed by atoms with E-state index in [9.17, 15) is 13.2 Å². The molecule has 76 valence electrons. The zero-order valence-electron chi connectivity index (χ0n) is 7.41. The highest BCUT2D eigenvalue weighted by molar-refractivity contribution is 7.87. The first-order valence-corrected chi connectivity index (χ1v) is 5.51. The number of hydrogen-bond acceptors (Lipinski definition) is 3. The lowest BCUT2D eigenvalue weighted by Crippen LogP contribution is -2.53. The first-order valence-electron chi connectivity index (χ1n) is 4.07. The summed E-state index contributed by atoms with van der Waals surface area (Å²) in [6.45, 7) is 2.65. The van der Waals surface area contributed by atoms with Crippen molar-refractivity contribution < 1.29 is 13.2 Å². The normalized spacial score (nSPS) is 19.9. The number of carbonyl (C=O) groups is 1. The zero-order chi connectivity index (χ0) is 9.90. The second-order valence-electron chi connectivity index (χ2n) is 2.69. The molecule has 1 rings (SSSR count). The summed E-state index contributed by atoms with van der Waals surface area (Å²) in [4.78, 5) is 10.9. The first-order chi connectivity index (χ1) is 6.06. The van der Waals surface area contributed by atoms with Gasteiger partial charge in [0.1, 0.15) is 0 Å². The van der Waals surface area contributed by atoms with Crippen molar-refractivity contribution in [3.63, 3.8) is 0 Å². The van der Waals surface area contributed by atoms with Crippen LogP contribution in [0.2, 0.25) is 0 Å². The molecule has 1 saturated heterocycles. The molecule has 0 radical (unpaired) electrons. The molecule has 0 aliphatic carbocycles. The highest BCUT2D eigenvalue weighted by Gasteiger charge is 2.26. The summed E-state index contributed by atoms with van der Waals surface area (Å²) in [6, 6.07) is 0. The van der Waals surface area contributed by atoms with E-state index < -0.39 is 10.2 Å². The molecular formula is C6H13N3O3S. The Morgan fingerprint density at radius 3 is 2.85 bits per heavy atom. The van der Waals surface area contributed by atoms with Crippen LogP contribution in [0.5, 0.6) is 0 Å². The van der Waals surface area contributed by atoms with Crippen LogP contribution in [0.4, 0.5) is 0 Å². The van der Waals surface area contributed by atoms with E-state index in [4.69, 9.17) is 0 Å².